The molecular weight excluding hydrogens is 342 g/mol. The number of nitrogens with zero attached hydrogens (tertiary/aromatic N) is 5. The summed E-state index contributed by atoms with van der Waals surface area (Å²) in [6.07, 6.45) is 8.85. The van der Waals surface area contributed by atoms with Crippen LogP contribution in [0.1, 0.15) is 30.4 Å². The fraction of sp³-hybridized carbons (Fsp3) is 0.300. The minimum Gasteiger partial charge on any atom is -0.484 e. The Kier molecular flexibility index (Phi) is 4.82. The number of ether oxygens (including phenoxy) is 1. The Bertz CT molecular complexity index is 925. The third kappa shape index (κ3) is 3.67. The smallest absolute Gasteiger partial charge is 0.261 e. The number of para-hydroxylation sites is 1. The van der Waals surface area contributed by atoms with Crippen molar-refractivity contribution < 1.29 is 9.53 Å². The number of carbonyl (C=O) groups excluding carboxylic acids is 1. The third-order valence-electron chi connectivity index (χ3n) is 4.73. The lowest BCUT2D eigenvalue weighted by Gasteiger charge is -2.24. The molecule has 1 amide bonds. The van der Waals surface area contributed by atoms with E-state index in [-0.39, 0.29) is 18.6 Å². The molecule has 1 fully saturated rings. The first kappa shape index (κ1) is 17.2. The van der Waals surface area contributed by atoms with Crippen LogP contribution in [-0.4, -0.2) is 43.5 Å². The second kappa shape index (κ2) is 7.57. The Morgan fingerprint density at radius 1 is 1.26 bits per heavy atom. The number of carbonyl (C=O) groups is 1. The lowest BCUT2D eigenvalue weighted by atomic mass is 10.1. The van der Waals surface area contributed by atoms with Crippen LogP contribution in [0, 0.1) is 6.92 Å². The highest BCUT2D eigenvalue weighted by molar-refractivity contribution is 5.78. The van der Waals surface area contributed by atoms with E-state index in [9.17, 15) is 4.79 Å². The van der Waals surface area contributed by atoms with Gasteiger partial charge < -0.3 is 9.64 Å². The zero-order chi connectivity index (χ0) is 18.6. The summed E-state index contributed by atoms with van der Waals surface area (Å²) in [5.41, 5.74) is 0.797. The highest BCUT2D eigenvalue weighted by Crippen LogP contribution is 2.31. The van der Waals surface area contributed by atoms with Gasteiger partial charge in [0.2, 0.25) is 0 Å². The predicted octanol–water partition coefficient (Wildman–Crippen LogP) is 2.71. The molecule has 138 valence electrons. The van der Waals surface area contributed by atoms with Crippen molar-refractivity contribution in [1.82, 2.24) is 24.4 Å². The number of aromatic nitrogens is 4. The molecule has 0 unspecified atom stereocenters. The number of aryl methyl sites for hydroxylation is 1. The maximum Gasteiger partial charge on any atom is 0.261 e. The van der Waals surface area contributed by atoms with Crippen LogP contribution in [-0.2, 0) is 4.79 Å². The van der Waals surface area contributed by atoms with E-state index in [1.165, 1.54) is 0 Å². The van der Waals surface area contributed by atoms with Gasteiger partial charge in [0, 0.05) is 18.9 Å². The maximum absolute atomic E-state index is 12.7. The van der Waals surface area contributed by atoms with E-state index < -0.39 is 0 Å². The zero-order valence-corrected chi connectivity index (χ0v) is 15.2. The summed E-state index contributed by atoms with van der Waals surface area (Å²) in [6.45, 7) is 2.65. The molecule has 3 heterocycles. The number of hydrogen-bond donors (Lipinski definition) is 0. The molecule has 2 aromatic heterocycles. The second-order valence-corrected chi connectivity index (χ2v) is 6.49. The number of rotatable bonds is 5. The van der Waals surface area contributed by atoms with Gasteiger partial charge in [-0.25, -0.2) is 9.97 Å². The summed E-state index contributed by atoms with van der Waals surface area (Å²) in [4.78, 5) is 27.9. The van der Waals surface area contributed by atoms with Gasteiger partial charge >= 0.3 is 0 Å². The molecule has 0 bridgehead atoms. The van der Waals surface area contributed by atoms with Crippen LogP contribution < -0.4 is 4.74 Å². The predicted molar refractivity (Wildman–Crippen MR) is 99.5 cm³/mol. The normalized spacial score (nSPS) is 16.5. The number of amides is 1. The molecule has 1 aromatic carbocycles. The largest absolute Gasteiger partial charge is 0.484 e. The van der Waals surface area contributed by atoms with Gasteiger partial charge in [-0.3, -0.25) is 14.3 Å². The molecule has 1 aliphatic heterocycles. The standard InChI is InChI=1S/C20H21N5O2/c1-15-22-9-11-24(15)19-13-21-12-17(23-19)18-8-5-10-25(18)20(26)14-27-16-6-3-2-4-7-16/h2-4,6-7,9,11-13,18H,5,8,10,14H2,1H3/t18-/m1/s1. The lowest BCUT2D eigenvalue weighted by molar-refractivity contribution is -0.134. The molecule has 1 atom stereocenters. The summed E-state index contributed by atoms with van der Waals surface area (Å²) in [7, 11) is 0. The molecule has 7 heteroatoms. The average molecular weight is 363 g/mol. The Labute approximate surface area is 157 Å². The van der Waals surface area contributed by atoms with Gasteiger partial charge in [-0.2, -0.15) is 0 Å². The Hall–Kier alpha value is -3.22. The van der Waals surface area contributed by atoms with Crippen LogP contribution in [0.15, 0.2) is 55.1 Å². The van der Waals surface area contributed by atoms with Crippen LogP contribution in [0.4, 0.5) is 0 Å². The van der Waals surface area contributed by atoms with Crippen molar-refractivity contribution in [2.24, 2.45) is 0 Å². The van der Waals surface area contributed by atoms with Gasteiger partial charge in [0.05, 0.1) is 24.1 Å². The highest BCUT2D eigenvalue weighted by Gasteiger charge is 2.31. The fourth-order valence-electron chi connectivity index (χ4n) is 3.38. The minimum absolute atomic E-state index is 0.0221. The van der Waals surface area contributed by atoms with Crippen molar-refractivity contribution >= 4 is 5.91 Å². The maximum atomic E-state index is 12.7. The third-order valence-corrected chi connectivity index (χ3v) is 4.73. The van der Waals surface area contributed by atoms with Crippen LogP contribution in [0.2, 0.25) is 0 Å². The van der Waals surface area contributed by atoms with Gasteiger partial charge in [0.25, 0.3) is 5.91 Å². The molecule has 0 N–H and O–H groups in total. The van der Waals surface area contributed by atoms with Crippen LogP contribution in [0.5, 0.6) is 5.75 Å². The molecule has 0 saturated carbocycles. The Balaban J connectivity index is 1.50. The molecule has 3 aromatic rings. The molecule has 1 saturated heterocycles. The van der Waals surface area contributed by atoms with E-state index in [4.69, 9.17) is 9.72 Å². The summed E-state index contributed by atoms with van der Waals surface area (Å²) >= 11 is 0. The van der Waals surface area contributed by atoms with Gasteiger partial charge in [0.1, 0.15) is 11.6 Å². The second-order valence-electron chi connectivity index (χ2n) is 6.49. The number of likely N-dealkylation sites (tertiary alicyclic amines) is 1. The van der Waals surface area contributed by atoms with Crippen LogP contribution in [0.3, 0.4) is 0 Å². The molecule has 4 rings (SSSR count). The topological polar surface area (TPSA) is 73.1 Å². The Morgan fingerprint density at radius 2 is 2.11 bits per heavy atom. The molecule has 7 nitrogen and oxygen atoms in total. The van der Waals surface area contributed by atoms with Crippen LogP contribution >= 0.6 is 0 Å². The van der Waals surface area contributed by atoms with E-state index in [1.807, 2.05) is 52.9 Å². The fourth-order valence-corrected chi connectivity index (χ4v) is 3.38. The van der Waals surface area contributed by atoms with E-state index in [2.05, 4.69) is 9.97 Å². The van der Waals surface area contributed by atoms with Gasteiger partial charge in [0.15, 0.2) is 12.4 Å². The minimum atomic E-state index is -0.0758. The highest BCUT2D eigenvalue weighted by atomic mass is 16.5. The average Bonchev–Trinajstić information content (AvgIpc) is 3.36. The van der Waals surface area contributed by atoms with Crippen molar-refractivity contribution in [3.8, 4) is 11.6 Å². The molecule has 0 aliphatic carbocycles. The van der Waals surface area contributed by atoms with E-state index >= 15 is 0 Å². The molecular formula is C20H21N5O2. The van der Waals surface area contributed by atoms with Crippen molar-refractivity contribution in [3.05, 3.63) is 66.6 Å². The zero-order valence-electron chi connectivity index (χ0n) is 15.2. The molecule has 0 spiro atoms. The van der Waals surface area contributed by atoms with Gasteiger partial charge in [-0.15, -0.1) is 0 Å². The monoisotopic (exact) mass is 363 g/mol. The van der Waals surface area contributed by atoms with E-state index in [0.29, 0.717) is 18.1 Å². The first-order valence-electron chi connectivity index (χ1n) is 9.02. The number of imidazole rings is 1. The molecule has 0 radical (unpaired) electrons. The first-order valence-corrected chi connectivity index (χ1v) is 9.02. The summed E-state index contributed by atoms with van der Waals surface area (Å²) in [5, 5.41) is 0. The van der Waals surface area contributed by atoms with Crippen molar-refractivity contribution in [2.45, 2.75) is 25.8 Å². The summed E-state index contributed by atoms with van der Waals surface area (Å²) in [5.74, 6) is 2.21. The first-order chi connectivity index (χ1) is 13.2. The van der Waals surface area contributed by atoms with Gasteiger partial charge in [-0.05, 0) is 31.9 Å². The van der Waals surface area contributed by atoms with Crippen molar-refractivity contribution in [1.29, 1.82) is 0 Å². The van der Waals surface area contributed by atoms with Crippen molar-refractivity contribution in [2.75, 3.05) is 13.2 Å². The summed E-state index contributed by atoms with van der Waals surface area (Å²) < 4.78 is 7.51. The lowest BCUT2D eigenvalue weighted by Crippen LogP contribution is -2.35. The number of benzene rings is 1. The SMILES string of the molecule is Cc1nccn1-c1cncc([C@H]2CCCN2C(=O)COc2ccccc2)n1. The van der Waals surface area contributed by atoms with E-state index in [1.54, 1.807) is 18.6 Å². The van der Waals surface area contributed by atoms with E-state index in [0.717, 1.165) is 24.4 Å². The molecule has 1 aliphatic rings. The molecule has 27 heavy (non-hydrogen) atoms. The number of hydrogen-bond acceptors (Lipinski definition) is 5. The summed E-state index contributed by atoms with van der Waals surface area (Å²) in [6, 6.07) is 9.30. The Morgan fingerprint density at radius 3 is 2.89 bits per heavy atom. The van der Waals surface area contributed by atoms with Crippen molar-refractivity contribution in [3.63, 3.8) is 0 Å². The quantitative estimate of drug-likeness (QED) is 0.697. The van der Waals surface area contributed by atoms with Gasteiger partial charge in [-0.1, -0.05) is 18.2 Å². The van der Waals surface area contributed by atoms with Crippen LogP contribution in [0.25, 0.3) is 5.82 Å².